The molecule has 0 aliphatic rings. The van der Waals surface area contributed by atoms with Gasteiger partial charge in [0.25, 0.3) is 0 Å². The Balaban J connectivity index is 2.27. The molecule has 0 radical (unpaired) electrons. The molecule has 0 saturated heterocycles. The number of nitrogens with zero attached hydrogens (tertiary/aromatic N) is 2. The maximum Gasteiger partial charge on any atom is 0.174 e. The number of halogens is 1. The van der Waals surface area contributed by atoms with Crippen LogP contribution < -0.4 is 0 Å². The normalized spacial score (nSPS) is 10.7. The zero-order valence-electron chi connectivity index (χ0n) is 8.48. The van der Waals surface area contributed by atoms with E-state index in [1.54, 1.807) is 12.1 Å². The first-order valence-electron chi connectivity index (χ1n) is 4.56. The second kappa shape index (κ2) is 5.14. The fourth-order valence-electron chi connectivity index (χ4n) is 1.18. The summed E-state index contributed by atoms with van der Waals surface area (Å²) in [7, 11) is 0. The Kier molecular flexibility index (Phi) is 3.81. The minimum Gasteiger partial charge on any atom is -0.392 e. The van der Waals surface area contributed by atoms with E-state index in [1.165, 1.54) is 23.3 Å². The van der Waals surface area contributed by atoms with Gasteiger partial charge in [0.1, 0.15) is 5.82 Å². The molecule has 6 heteroatoms. The maximum atomic E-state index is 9.22. The SMILES string of the molecule is Cc1nsc(Sc2ccc(Cl)cc2CO)n1. The van der Waals surface area contributed by atoms with Crippen LogP contribution in [-0.2, 0) is 6.61 Å². The Morgan fingerprint density at radius 1 is 1.50 bits per heavy atom. The van der Waals surface area contributed by atoms with Crippen LogP contribution in [0.2, 0.25) is 5.02 Å². The molecular weight excluding hydrogens is 264 g/mol. The lowest BCUT2D eigenvalue weighted by atomic mass is 10.2. The van der Waals surface area contributed by atoms with Gasteiger partial charge in [-0.3, -0.25) is 0 Å². The summed E-state index contributed by atoms with van der Waals surface area (Å²) >= 11 is 8.71. The van der Waals surface area contributed by atoms with Crippen molar-refractivity contribution in [1.29, 1.82) is 0 Å². The van der Waals surface area contributed by atoms with Crippen LogP contribution in [0.25, 0.3) is 0 Å². The third-order valence-corrected chi connectivity index (χ3v) is 4.09. The van der Waals surface area contributed by atoms with E-state index in [9.17, 15) is 5.11 Å². The van der Waals surface area contributed by atoms with Gasteiger partial charge in [-0.15, -0.1) is 0 Å². The molecule has 1 N–H and O–H groups in total. The summed E-state index contributed by atoms with van der Waals surface area (Å²) in [6.07, 6.45) is 0. The Morgan fingerprint density at radius 2 is 2.31 bits per heavy atom. The van der Waals surface area contributed by atoms with E-state index in [0.717, 1.165) is 20.6 Å². The van der Waals surface area contributed by atoms with Crippen molar-refractivity contribution in [3.05, 3.63) is 34.6 Å². The summed E-state index contributed by atoms with van der Waals surface area (Å²) < 4.78 is 4.98. The molecule has 0 spiro atoms. The van der Waals surface area contributed by atoms with Gasteiger partial charge in [-0.25, -0.2) is 4.98 Å². The molecule has 0 saturated carbocycles. The summed E-state index contributed by atoms with van der Waals surface area (Å²) in [5, 5.41) is 9.85. The number of aliphatic hydroxyl groups excluding tert-OH is 1. The van der Waals surface area contributed by atoms with Crippen LogP contribution in [0.3, 0.4) is 0 Å². The Morgan fingerprint density at radius 3 is 2.94 bits per heavy atom. The fourth-order valence-corrected chi connectivity index (χ4v) is 3.09. The van der Waals surface area contributed by atoms with Crippen LogP contribution in [-0.4, -0.2) is 14.5 Å². The average Bonchev–Trinajstić information content (AvgIpc) is 2.67. The van der Waals surface area contributed by atoms with E-state index < -0.39 is 0 Å². The Labute approximate surface area is 107 Å². The Bertz CT molecular complexity index is 501. The molecule has 0 aliphatic heterocycles. The van der Waals surface area contributed by atoms with Gasteiger partial charge in [-0.05, 0) is 42.2 Å². The highest BCUT2D eigenvalue weighted by atomic mass is 35.5. The molecule has 0 fully saturated rings. The van der Waals surface area contributed by atoms with Gasteiger partial charge in [-0.2, -0.15) is 4.37 Å². The maximum absolute atomic E-state index is 9.22. The number of aliphatic hydroxyl groups is 1. The van der Waals surface area contributed by atoms with Crippen LogP contribution in [0, 0.1) is 6.92 Å². The second-order valence-electron chi connectivity index (χ2n) is 3.12. The largest absolute Gasteiger partial charge is 0.392 e. The molecule has 16 heavy (non-hydrogen) atoms. The van der Waals surface area contributed by atoms with E-state index >= 15 is 0 Å². The van der Waals surface area contributed by atoms with Gasteiger partial charge < -0.3 is 5.11 Å². The molecule has 0 amide bonds. The Hall–Kier alpha value is -0.620. The number of hydrogen-bond acceptors (Lipinski definition) is 5. The standard InChI is InChI=1S/C10H9ClN2OS2/c1-6-12-10(16-13-6)15-9-3-2-8(11)4-7(9)5-14/h2-4,14H,5H2,1H3. The van der Waals surface area contributed by atoms with E-state index in [0.29, 0.717) is 5.02 Å². The van der Waals surface area contributed by atoms with Crippen LogP contribution >= 0.6 is 34.9 Å². The van der Waals surface area contributed by atoms with E-state index in [4.69, 9.17) is 11.6 Å². The zero-order chi connectivity index (χ0) is 11.5. The van der Waals surface area contributed by atoms with Crippen LogP contribution in [0.1, 0.15) is 11.4 Å². The molecule has 0 unspecified atom stereocenters. The van der Waals surface area contributed by atoms with Gasteiger partial charge >= 0.3 is 0 Å². The lowest BCUT2D eigenvalue weighted by Gasteiger charge is -2.04. The van der Waals surface area contributed by atoms with Gasteiger partial charge in [-0.1, -0.05) is 23.4 Å². The van der Waals surface area contributed by atoms with Gasteiger partial charge in [0.15, 0.2) is 4.34 Å². The van der Waals surface area contributed by atoms with Crippen molar-refractivity contribution in [3.8, 4) is 0 Å². The van der Waals surface area contributed by atoms with Crippen LogP contribution in [0.4, 0.5) is 0 Å². The van der Waals surface area contributed by atoms with Crippen molar-refractivity contribution in [2.75, 3.05) is 0 Å². The lowest BCUT2D eigenvalue weighted by molar-refractivity contribution is 0.279. The molecular formula is C10H9ClN2OS2. The highest BCUT2D eigenvalue weighted by Gasteiger charge is 2.07. The fraction of sp³-hybridized carbons (Fsp3) is 0.200. The van der Waals surface area contributed by atoms with Crippen molar-refractivity contribution in [2.24, 2.45) is 0 Å². The molecule has 2 aromatic rings. The number of aryl methyl sites for hydroxylation is 1. The van der Waals surface area contributed by atoms with E-state index in [-0.39, 0.29) is 6.61 Å². The van der Waals surface area contributed by atoms with Crippen molar-refractivity contribution in [1.82, 2.24) is 9.36 Å². The minimum atomic E-state index is -0.0271. The third-order valence-electron chi connectivity index (χ3n) is 1.90. The van der Waals surface area contributed by atoms with Crippen molar-refractivity contribution in [3.63, 3.8) is 0 Å². The topological polar surface area (TPSA) is 46.0 Å². The lowest BCUT2D eigenvalue weighted by Crippen LogP contribution is -1.87. The third kappa shape index (κ3) is 2.74. The quantitative estimate of drug-likeness (QED) is 0.932. The number of hydrogen-bond donors (Lipinski definition) is 1. The van der Waals surface area contributed by atoms with Crippen molar-refractivity contribution < 1.29 is 5.11 Å². The molecule has 2 rings (SSSR count). The molecule has 0 bridgehead atoms. The van der Waals surface area contributed by atoms with Gasteiger partial charge in [0.05, 0.1) is 6.61 Å². The first-order chi connectivity index (χ1) is 7.69. The van der Waals surface area contributed by atoms with Gasteiger partial charge in [0.2, 0.25) is 0 Å². The highest BCUT2D eigenvalue weighted by molar-refractivity contribution is 8.01. The summed E-state index contributed by atoms with van der Waals surface area (Å²) in [5.74, 6) is 0.770. The molecule has 0 aliphatic carbocycles. The molecule has 3 nitrogen and oxygen atoms in total. The summed E-state index contributed by atoms with van der Waals surface area (Å²) in [5.41, 5.74) is 0.811. The average molecular weight is 273 g/mol. The van der Waals surface area contributed by atoms with Gasteiger partial charge in [0, 0.05) is 9.92 Å². The smallest absolute Gasteiger partial charge is 0.174 e. The monoisotopic (exact) mass is 272 g/mol. The number of benzene rings is 1. The summed E-state index contributed by atoms with van der Waals surface area (Å²) in [4.78, 5) is 5.22. The minimum absolute atomic E-state index is 0.0271. The van der Waals surface area contributed by atoms with Crippen LogP contribution in [0.5, 0.6) is 0 Å². The van der Waals surface area contributed by atoms with Crippen molar-refractivity contribution in [2.45, 2.75) is 22.8 Å². The first-order valence-corrected chi connectivity index (χ1v) is 6.53. The molecule has 1 aromatic carbocycles. The number of rotatable bonds is 3. The highest BCUT2D eigenvalue weighted by Crippen LogP contribution is 2.32. The molecule has 1 heterocycles. The second-order valence-corrected chi connectivity index (χ2v) is 5.60. The zero-order valence-corrected chi connectivity index (χ0v) is 10.9. The molecule has 0 atom stereocenters. The molecule has 84 valence electrons. The first kappa shape index (κ1) is 11.9. The van der Waals surface area contributed by atoms with Crippen molar-refractivity contribution >= 4 is 34.9 Å². The molecule has 1 aromatic heterocycles. The van der Waals surface area contributed by atoms with E-state index in [2.05, 4.69) is 9.36 Å². The van der Waals surface area contributed by atoms with Crippen LogP contribution in [0.15, 0.2) is 27.4 Å². The number of aromatic nitrogens is 2. The summed E-state index contributed by atoms with van der Waals surface area (Å²) in [6.45, 7) is 1.83. The van der Waals surface area contributed by atoms with E-state index in [1.807, 2.05) is 13.0 Å². The predicted molar refractivity (Wildman–Crippen MR) is 66.1 cm³/mol. The summed E-state index contributed by atoms with van der Waals surface area (Å²) in [6, 6.07) is 5.45. The predicted octanol–water partition coefficient (Wildman–Crippen LogP) is 3.14.